The molecule has 78 valence electrons. The summed E-state index contributed by atoms with van der Waals surface area (Å²) in [5.74, 6) is 1.53. The third kappa shape index (κ3) is 2.58. The number of nitrogens with one attached hydrogen (secondary N) is 1. The molecule has 1 heterocycles. The lowest BCUT2D eigenvalue weighted by Gasteiger charge is -2.10. The fraction of sp³-hybridized carbons (Fsp3) is 0.600. The minimum Gasteiger partial charge on any atom is -0.477 e. The monoisotopic (exact) mass is 195 g/mol. The highest BCUT2D eigenvalue weighted by Crippen LogP contribution is 2.19. The first kappa shape index (κ1) is 10.8. The minimum atomic E-state index is 0.679. The molecule has 0 fully saturated rings. The highest BCUT2D eigenvalue weighted by molar-refractivity contribution is 5.47. The SMILES string of the molecule is CCCOc1ncnc(NCC)c1C. The summed E-state index contributed by atoms with van der Waals surface area (Å²) >= 11 is 0. The maximum absolute atomic E-state index is 5.48. The molecule has 1 aromatic heterocycles. The molecule has 0 aliphatic rings. The Bertz CT molecular complexity index is 289. The molecule has 0 amide bonds. The zero-order valence-electron chi connectivity index (χ0n) is 9.00. The van der Waals surface area contributed by atoms with Crippen molar-refractivity contribution in [1.29, 1.82) is 0 Å². The van der Waals surface area contributed by atoms with Crippen molar-refractivity contribution in [2.75, 3.05) is 18.5 Å². The van der Waals surface area contributed by atoms with Crippen LogP contribution in [0.4, 0.5) is 5.82 Å². The van der Waals surface area contributed by atoms with Gasteiger partial charge in [-0.3, -0.25) is 0 Å². The van der Waals surface area contributed by atoms with Crippen molar-refractivity contribution in [2.24, 2.45) is 0 Å². The largest absolute Gasteiger partial charge is 0.477 e. The number of nitrogens with zero attached hydrogens (tertiary/aromatic N) is 2. The van der Waals surface area contributed by atoms with E-state index in [0.29, 0.717) is 12.5 Å². The van der Waals surface area contributed by atoms with Crippen molar-refractivity contribution in [3.63, 3.8) is 0 Å². The number of ether oxygens (including phenoxy) is 1. The number of anilines is 1. The molecule has 1 N–H and O–H groups in total. The van der Waals surface area contributed by atoms with Crippen LogP contribution in [0.15, 0.2) is 6.33 Å². The van der Waals surface area contributed by atoms with Gasteiger partial charge in [0.25, 0.3) is 0 Å². The third-order valence-corrected chi connectivity index (χ3v) is 1.82. The van der Waals surface area contributed by atoms with Crippen molar-refractivity contribution in [3.8, 4) is 5.88 Å². The lowest BCUT2D eigenvalue weighted by Crippen LogP contribution is -2.06. The van der Waals surface area contributed by atoms with E-state index in [1.54, 1.807) is 0 Å². The molecule has 0 radical (unpaired) electrons. The van der Waals surface area contributed by atoms with Gasteiger partial charge in [0.05, 0.1) is 12.2 Å². The molecule has 0 atom stereocenters. The molecule has 0 aromatic carbocycles. The normalized spacial score (nSPS) is 9.93. The van der Waals surface area contributed by atoms with Gasteiger partial charge in [0.1, 0.15) is 12.1 Å². The summed E-state index contributed by atoms with van der Waals surface area (Å²) in [5, 5.41) is 3.16. The lowest BCUT2D eigenvalue weighted by molar-refractivity contribution is 0.302. The first-order valence-corrected chi connectivity index (χ1v) is 4.97. The van der Waals surface area contributed by atoms with E-state index in [1.165, 1.54) is 6.33 Å². The van der Waals surface area contributed by atoms with Crippen LogP contribution in [0.25, 0.3) is 0 Å². The smallest absolute Gasteiger partial charge is 0.221 e. The first-order chi connectivity index (χ1) is 6.79. The van der Waals surface area contributed by atoms with Gasteiger partial charge in [-0.2, -0.15) is 0 Å². The van der Waals surface area contributed by atoms with E-state index in [-0.39, 0.29) is 0 Å². The molecule has 0 saturated carbocycles. The van der Waals surface area contributed by atoms with Gasteiger partial charge in [-0.15, -0.1) is 0 Å². The topological polar surface area (TPSA) is 47.0 Å². The van der Waals surface area contributed by atoms with Crippen molar-refractivity contribution in [2.45, 2.75) is 27.2 Å². The summed E-state index contributed by atoms with van der Waals surface area (Å²) in [6.07, 6.45) is 2.51. The minimum absolute atomic E-state index is 0.679. The Morgan fingerprint density at radius 1 is 1.36 bits per heavy atom. The molecule has 0 saturated heterocycles. The van der Waals surface area contributed by atoms with Crippen molar-refractivity contribution in [1.82, 2.24) is 9.97 Å². The number of rotatable bonds is 5. The van der Waals surface area contributed by atoms with E-state index < -0.39 is 0 Å². The maximum atomic E-state index is 5.48. The molecule has 0 unspecified atom stereocenters. The Balaban J connectivity index is 2.78. The van der Waals surface area contributed by atoms with Crippen LogP contribution in [0, 0.1) is 6.92 Å². The van der Waals surface area contributed by atoms with Crippen LogP contribution in [-0.2, 0) is 0 Å². The predicted molar refractivity (Wildman–Crippen MR) is 56.7 cm³/mol. The van der Waals surface area contributed by atoms with E-state index in [4.69, 9.17) is 4.74 Å². The lowest BCUT2D eigenvalue weighted by atomic mass is 10.3. The zero-order valence-corrected chi connectivity index (χ0v) is 9.00. The van der Waals surface area contributed by atoms with Crippen LogP contribution in [0.3, 0.4) is 0 Å². The summed E-state index contributed by atoms with van der Waals surface area (Å²) in [5.41, 5.74) is 0.975. The molecule has 0 aliphatic carbocycles. The van der Waals surface area contributed by atoms with E-state index >= 15 is 0 Å². The van der Waals surface area contributed by atoms with E-state index in [9.17, 15) is 0 Å². The van der Waals surface area contributed by atoms with Crippen LogP contribution in [-0.4, -0.2) is 23.1 Å². The Morgan fingerprint density at radius 2 is 2.14 bits per heavy atom. The molecule has 1 rings (SSSR count). The van der Waals surface area contributed by atoms with Crippen LogP contribution >= 0.6 is 0 Å². The van der Waals surface area contributed by atoms with Crippen molar-refractivity contribution >= 4 is 5.82 Å². The van der Waals surface area contributed by atoms with Gasteiger partial charge in [0.2, 0.25) is 5.88 Å². The molecule has 1 aromatic rings. The molecular weight excluding hydrogens is 178 g/mol. The summed E-state index contributed by atoms with van der Waals surface area (Å²) in [7, 11) is 0. The fourth-order valence-electron chi connectivity index (χ4n) is 1.12. The van der Waals surface area contributed by atoms with E-state index in [1.807, 2.05) is 13.8 Å². The highest BCUT2D eigenvalue weighted by Gasteiger charge is 2.06. The molecule has 4 nitrogen and oxygen atoms in total. The molecule has 0 aliphatic heterocycles. The van der Waals surface area contributed by atoms with Gasteiger partial charge in [0.15, 0.2) is 0 Å². The highest BCUT2D eigenvalue weighted by atomic mass is 16.5. The number of hydrogen-bond donors (Lipinski definition) is 1. The summed E-state index contributed by atoms with van der Waals surface area (Å²) in [6, 6.07) is 0. The van der Waals surface area contributed by atoms with Crippen LogP contribution in [0.1, 0.15) is 25.8 Å². The Morgan fingerprint density at radius 3 is 2.79 bits per heavy atom. The standard InChI is InChI=1S/C10H17N3O/c1-4-6-14-10-8(3)9(11-5-2)12-7-13-10/h7H,4-6H2,1-3H3,(H,11,12,13). The van der Waals surface area contributed by atoms with E-state index in [2.05, 4.69) is 22.2 Å². The Hall–Kier alpha value is -1.32. The second kappa shape index (κ2) is 5.42. The summed E-state index contributed by atoms with van der Waals surface area (Å²) in [4.78, 5) is 8.22. The summed E-state index contributed by atoms with van der Waals surface area (Å²) in [6.45, 7) is 7.62. The first-order valence-electron chi connectivity index (χ1n) is 4.97. The Kier molecular flexibility index (Phi) is 4.16. The van der Waals surface area contributed by atoms with Gasteiger partial charge in [0, 0.05) is 6.54 Å². The van der Waals surface area contributed by atoms with Gasteiger partial charge in [-0.05, 0) is 20.3 Å². The average Bonchev–Trinajstić information content (AvgIpc) is 2.20. The zero-order chi connectivity index (χ0) is 10.4. The second-order valence-corrected chi connectivity index (χ2v) is 3.03. The van der Waals surface area contributed by atoms with Gasteiger partial charge < -0.3 is 10.1 Å². The molecule has 0 bridgehead atoms. The van der Waals surface area contributed by atoms with Crippen LogP contribution in [0.2, 0.25) is 0 Å². The predicted octanol–water partition coefficient (Wildman–Crippen LogP) is 2.01. The molecule has 0 spiro atoms. The average molecular weight is 195 g/mol. The number of hydrogen-bond acceptors (Lipinski definition) is 4. The maximum Gasteiger partial charge on any atom is 0.221 e. The van der Waals surface area contributed by atoms with Crippen molar-refractivity contribution < 1.29 is 4.74 Å². The summed E-state index contributed by atoms with van der Waals surface area (Å²) < 4.78 is 5.48. The van der Waals surface area contributed by atoms with Crippen molar-refractivity contribution in [3.05, 3.63) is 11.9 Å². The van der Waals surface area contributed by atoms with Crippen LogP contribution in [0.5, 0.6) is 5.88 Å². The second-order valence-electron chi connectivity index (χ2n) is 3.03. The van der Waals surface area contributed by atoms with Gasteiger partial charge >= 0.3 is 0 Å². The molecular formula is C10H17N3O. The van der Waals surface area contributed by atoms with Crippen LogP contribution < -0.4 is 10.1 Å². The Labute approximate surface area is 84.7 Å². The fourth-order valence-corrected chi connectivity index (χ4v) is 1.12. The quantitative estimate of drug-likeness (QED) is 0.780. The molecule has 14 heavy (non-hydrogen) atoms. The molecule has 4 heteroatoms. The third-order valence-electron chi connectivity index (χ3n) is 1.82. The number of aromatic nitrogens is 2. The van der Waals surface area contributed by atoms with Gasteiger partial charge in [-0.1, -0.05) is 6.92 Å². The van der Waals surface area contributed by atoms with Gasteiger partial charge in [-0.25, -0.2) is 9.97 Å². The van der Waals surface area contributed by atoms with E-state index in [0.717, 1.165) is 24.3 Å².